The molecule has 16 heavy (non-hydrogen) atoms. The number of fused-ring (bicyclic) bond motifs is 1. The van der Waals surface area contributed by atoms with Crippen LogP contribution in [0.25, 0.3) is 0 Å². The van der Waals surface area contributed by atoms with Crippen LogP contribution in [0.3, 0.4) is 0 Å². The van der Waals surface area contributed by atoms with Crippen LogP contribution in [-0.4, -0.2) is 27.7 Å². The molecule has 1 aliphatic heterocycles. The second-order valence-corrected chi connectivity index (χ2v) is 4.48. The molecule has 3 rings (SSSR count). The monoisotopic (exact) mass is 228 g/mol. The van der Waals surface area contributed by atoms with Gasteiger partial charge in [-0.25, -0.2) is 13.5 Å². The fraction of sp³-hybridized carbons (Fsp3) is 0.800. The van der Waals surface area contributed by atoms with E-state index < -0.39 is 12.5 Å². The zero-order valence-electron chi connectivity index (χ0n) is 8.87. The van der Waals surface area contributed by atoms with Gasteiger partial charge in [-0.2, -0.15) is 10.1 Å². The summed E-state index contributed by atoms with van der Waals surface area (Å²) in [5, 5.41) is 7.27. The zero-order chi connectivity index (χ0) is 11.1. The molecule has 1 aromatic rings. The van der Waals surface area contributed by atoms with Crippen molar-refractivity contribution in [2.75, 3.05) is 11.9 Å². The Balaban J connectivity index is 1.91. The van der Waals surface area contributed by atoms with Gasteiger partial charge in [0.15, 0.2) is 5.82 Å². The van der Waals surface area contributed by atoms with Crippen molar-refractivity contribution in [3.05, 3.63) is 5.82 Å². The number of rotatable bonds is 2. The van der Waals surface area contributed by atoms with E-state index in [0.29, 0.717) is 24.8 Å². The van der Waals surface area contributed by atoms with Crippen molar-refractivity contribution in [3.8, 4) is 0 Å². The topological polar surface area (TPSA) is 42.7 Å². The van der Waals surface area contributed by atoms with Gasteiger partial charge in [0.2, 0.25) is 5.95 Å². The number of nitrogens with zero attached hydrogens (tertiary/aromatic N) is 3. The van der Waals surface area contributed by atoms with Crippen molar-refractivity contribution in [2.45, 2.75) is 44.1 Å². The van der Waals surface area contributed by atoms with E-state index in [0.717, 1.165) is 18.7 Å². The Kier molecular flexibility index (Phi) is 2.29. The predicted molar refractivity (Wildman–Crippen MR) is 54.8 cm³/mol. The third-order valence-corrected chi connectivity index (χ3v) is 3.45. The second-order valence-electron chi connectivity index (χ2n) is 4.48. The fourth-order valence-corrected chi connectivity index (χ4v) is 2.22. The number of nitrogens with one attached hydrogen (secondary N) is 1. The van der Waals surface area contributed by atoms with Gasteiger partial charge in [-0.3, -0.25) is 0 Å². The Bertz CT molecular complexity index is 386. The van der Waals surface area contributed by atoms with E-state index in [9.17, 15) is 8.78 Å². The predicted octanol–water partition coefficient (Wildman–Crippen LogP) is 2.17. The van der Waals surface area contributed by atoms with Crippen LogP contribution in [0.15, 0.2) is 0 Å². The molecule has 1 unspecified atom stereocenters. The molecule has 2 heterocycles. The van der Waals surface area contributed by atoms with Gasteiger partial charge in [0.1, 0.15) is 6.04 Å². The van der Waals surface area contributed by atoms with Crippen LogP contribution in [0, 0.1) is 0 Å². The second kappa shape index (κ2) is 3.68. The van der Waals surface area contributed by atoms with Crippen molar-refractivity contribution in [1.82, 2.24) is 14.8 Å². The first-order valence-electron chi connectivity index (χ1n) is 5.74. The minimum absolute atomic E-state index is 0.387. The molecule has 1 atom stereocenters. The lowest BCUT2D eigenvalue weighted by atomic mass is 9.85. The molecular formula is C10H14F2N4. The largest absolute Gasteiger partial charge is 0.354 e. The van der Waals surface area contributed by atoms with E-state index in [2.05, 4.69) is 15.4 Å². The molecule has 1 N–H and O–H groups in total. The smallest absolute Gasteiger partial charge is 0.260 e. The number of aromatic nitrogens is 3. The number of alkyl halides is 2. The maximum Gasteiger partial charge on any atom is 0.260 e. The van der Waals surface area contributed by atoms with Crippen LogP contribution in [-0.2, 0) is 0 Å². The van der Waals surface area contributed by atoms with Gasteiger partial charge in [0.05, 0.1) is 0 Å². The highest BCUT2D eigenvalue weighted by atomic mass is 19.3. The molecule has 0 spiro atoms. The highest BCUT2D eigenvalue weighted by Crippen LogP contribution is 2.36. The first-order chi connectivity index (χ1) is 7.75. The molecule has 1 aliphatic carbocycles. The SMILES string of the molecule is FC(F)C1CCNc2nc(C3CCC3)nn21. The Morgan fingerprint density at radius 3 is 2.75 bits per heavy atom. The lowest BCUT2D eigenvalue weighted by Gasteiger charge is -2.23. The Morgan fingerprint density at radius 1 is 1.31 bits per heavy atom. The number of halogens is 2. The molecule has 88 valence electrons. The van der Waals surface area contributed by atoms with Gasteiger partial charge in [0, 0.05) is 12.5 Å². The number of hydrogen-bond acceptors (Lipinski definition) is 3. The van der Waals surface area contributed by atoms with Gasteiger partial charge in [0.25, 0.3) is 6.43 Å². The van der Waals surface area contributed by atoms with Crippen LogP contribution < -0.4 is 5.32 Å². The number of anilines is 1. The van der Waals surface area contributed by atoms with Crippen LogP contribution in [0.1, 0.15) is 43.5 Å². The summed E-state index contributed by atoms with van der Waals surface area (Å²) in [6.45, 7) is 0.553. The van der Waals surface area contributed by atoms with Crippen LogP contribution >= 0.6 is 0 Å². The van der Waals surface area contributed by atoms with Gasteiger partial charge in [-0.05, 0) is 19.3 Å². The molecule has 1 fully saturated rings. The number of hydrogen-bond donors (Lipinski definition) is 1. The highest BCUT2D eigenvalue weighted by Gasteiger charge is 2.32. The fourth-order valence-electron chi connectivity index (χ4n) is 2.22. The standard InChI is InChI=1S/C10H14F2N4/c11-8(12)7-4-5-13-10-14-9(15-16(7)10)6-2-1-3-6/h6-8H,1-5H2,(H,13,14,15). The molecular weight excluding hydrogens is 214 g/mol. The minimum Gasteiger partial charge on any atom is -0.354 e. The Labute approximate surface area is 92.0 Å². The summed E-state index contributed by atoms with van der Waals surface area (Å²) in [6.07, 6.45) is 1.42. The molecule has 2 aliphatic rings. The highest BCUT2D eigenvalue weighted by molar-refractivity contribution is 5.29. The first kappa shape index (κ1) is 9.99. The molecule has 0 amide bonds. The third kappa shape index (κ3) is 1.47. The maximum atomic E-state index is 12.8. The quantitative estimate of drug-likeness (QED) is 0.843. The van der Waals surface area contributed by atoms with Crippen molar-refractivity contribution in [2.24, 2.45) is 0 Å². The normalized spacial score (nSPS) is 25.1. The summed E-state index contributed by atoms with van der Waals surface area (Å²) in [6, 6.07) is -0.808. The zero-order valence-corrected chi connectivity index (χ0v) is 8.87. The molecule has 0 saturated heterocycles. The van der Waals surface area contributed by atoms with Crippen LogP contribution in [0.2, 0.25) is 0 Å². The molecule has 6 heteroatoms. The van der Waals surface area contributed by atoms with E-state index >= 15 is 0 Å². The first-order valence-corrected chi connectivity index (χ1v) is 5.74. The third-order valence-electron chi connectivity index (χ3n) is 3.45. The van der Waals surface area contributed by atoms with Gasteiger partial charge in [-0.15, -0.1) is 0 Å². The van der Waals surface area contributed by atoms with E-state index in [1.54, 1.807) is 0 Å². The van der Waals surface area contributed by atoms with E-state index in [1.807, 2.05) is 0 Å². The summed E-state index contributed by atoms with van der Waals surface area (Å²) in [5.41, 5.74) is 0. The maximum absolute atomic E-state index is 12.8. The summed E-state index contributed by atoms with van der Waals surface area (Å²) < 4.78 is 27.0. The molecule has 0 bridgehead atoms. The van der Waals surface area contributed by atoms with Gasteiger partial charge in [-0.1, -0.05) is 6.42 Å². The average Bonchev–Trinajstić information content (AvgIpc) is 2.56. The van der Waals surface area contributed by atoms with Crippen molar-refractivity contribution < 1.29 is 8.78 Å². The average molecular weight is 228 g/mol. The van der Waals surface area contributed by atoms with Crippen LogP contribution in [0.5, 0.6) is 0 Å². The Hall–Kier alpha value is -1.20. The van der Waals surface area contributed by atoms with Gasteiger partial charge < -0.3 is 5.32 Å². The van der Waals surface area contributed by atoms with E-state index in [1.165, 1.54) is 11.1 Å². The lowest BCUT2D eigenvalue weighted by Crippen LogP contribution is -2.28. The van der Waals surface area contributed by atoms with Crippen molar-refractivity contribution >= 4 is 5.95 Å². The van der Waals surface area contributed by atoms with E-state index in [4.69, 9.17) is 0 Å². The summed E-state index contributed by atoms with van der Waals surface area (Å²) in [4.78, 5) is 4.31. The molecule has 4 nitrogen and oxygen atoms in total. The van der Waals surface area contributed by atoms with E-state index in [-0.39, 0.29) is 0 Å². The molecule has 0 aromatic carbocycles. The van der Waals surface area contributed by atoms with Crippen molar-refractivity contribution in [1.29, 1.82) is 0 Å². The summed E-state index contributed by atoms with van der Waals surface area (Å²) in [7, 11) is 0. The minimum atomic E-state index is -2.36. The summed E-state index contributed by atoms with van der Waals surface area (Å²) in [5.74, 6) is 1.64. The summed E-state index contributed by atoms with van der Waals surface area (Å²) >= 11 is 0. The molecule has 1 aromatic heterocycles. The molecule has 1 saturated carbocycles. The van der Waals surface area contributed by atoms with Crippen molar-refractivity contribution in [3.63, 3.8) is 0 Å². The lowest BCUT2D eigenvalue weighted by molar-refractivity contribution is 0.0710. The van der Waals surface area contributed by atoms with Crippen LogP contribution in [0.4, 0.5) is 14.7 Å². The van der Waals surface area contributed by atoms with Gasteiger partial charge >= 0.3 is 0 Å². The Morgan fingerprint density at radius 2 is 2.12 bits per heavy atom. The molecule has 0 radical (unpaired) electrons.